The van der Waals surface area contributed by atoms with Gasteiger partial charge in [-0.05, 0) is 18.2 Å². The van der Waals surface area contributed by atoms with Gasteiger partial charge in [-0.1, -0.05) is 11.6 Å². The summed E-state index contributed by atoms with van der Waals surface area (Å²) in [5.41, 5.74) is 0.455. The van der Waals surface area contributed by atoms with Crippen LogP contribution in [0.3, 0.4) is 0 Å². The van der Waals surface area contributed by atoms with E-state index in [1.165, 1.54) is 23.1 Å². The molecule has 0 aromatic heterocycles. The lowest BCUT2D eigenvalue weighted by Crippen LogP contribution is -2.36. The van der Waals surface area contributed by atoms with E-state index < -0.39 is 17.8 Å². The molecule has 0 saturated carbocycles. The van der Waals surface area contributed by atoms with Gasteiger partial charge in [-0.15, -0.1) is 11.6 Å². The zero-order valence-electron chi connectivity index (χ0n) is 9.20. The third-order valence-corrected chi connectivity index (χ3v) is 3.16. The smallest absolute Gasteiger partial charge is 0.292 e. The van der Waals surface area contributed by atoms with Crippen LogP contribution in [0.1, 0.15) is 0 Å². The first kappa shape index (κ1) is 13.1. The Kier molecular flexibility index (Phi) is 3.73. The molecule has 1 heterocycles. The standard InChI is InChI=1S/C11H9Cl2FN2O2/c12-6-10(17)16-4-3-15(11(16)18)7-1-2-9(14)8(13)5-7/h1-2,5H,3-4,6H2. The number of hydrogen-bond acceptors (Lipinski definition) is 2. The Morgan fingerprint density at radius 2 is 2.11 bits per heavy atom. The molecule has 1 aliphatic rings. The number of carbonyl (C=O) groups is 2. The monoisotopic (exact) mass is 290 g/mol. The van der Waals surface area contributed by atoms with Gasteiger partial charge < -0.3 is 0 Å². The van der Waals surface area contributed by atoms with Crippen LogP contribution in [0, 0.1) is 5.82 Å². The van der Waals surface area contributed by atoms with Crippen molar-refractivity contribution in [1.82, 2.24) is 4.90 Å². The van der Waals surface area contributed by atoms with Gasteiger partial charge in [-0.2, -0.15) is 0 Å². The highest BCUT2D eigenvalue weighted by Gasteiger charge is 2.33. The first-order valence-electron chi connectivity index (χ1n) is 5.17. The van der Waals surface area contributed by atoms with E-state index in [4.69, 9.17) is 23.2 Å². The highest BCUT2D eigenvalue weighted by atomic mass is 35.5. The average Bonchev–Trinajstić information content (AvgIpc) is 2.74. The molecule has 1 aromatic rings. The SMILES string of the molecule is O=C(CCl)N1CCN(c2ccc(F)c(Cl)c2)C1=O. The summed E-state index contributed by atoms with van der Waals surface area (Å²) in [5.74, 6) is -1.25. The summed E-state index contributed by atoms with van der Waals surface area (Å²) in [7, 11) is 0. The van der Waals surface area contributed by atoms with Crippen molar-refractivity contribution < 1.29 is 14.0 Å². The van der Waals surface area contributed by atoms with Gasteiger partial charge in [0.25, 0.3) is 0 Å². The number of anilines is 1. The summed E-state index contributed by atoms with van der Waals surface area (Å²) in [4.78, 5) is 25.7. The van der Waals surface area contributed by atoms with Crippen LogP contribution in [0.5, 0.6) is 0 Å². The van der Waals surface area contributed by atoms with E-state index in [9.17, 15) is 14.0 Å². The van der Waals surface area contributed by atoms with E-state index in [0.29, 0.717) is 12.2 Å². The summed E-state index contributed by atoms with van der Waals surface area (Å²) in [6.45, 7) is 0.600. The number of rotatable bonds is 2. The van der Waals surface area contributed by atoms with Crippen LogP contribution in [0.25, 0.3) is 0 Å². The van der Waals surface area contributed by atoms with Gasteiger partial charge in [0.2, 0.25) is 5.91 Å². The van der Waals surface area contributed by atoms with Gasteiger partial charge in [0.05, 0.1) is 5.02 Å². The van der Waals surface area contributed by atoms with Crippen LogP contribution in [0.2, 0.25) is 5.02 Å². The molecule has 1 aliphatic heterocycles. The molecule has 0 N–H and O–H groups in total. The topological polar surface area (TPSA) is 40.6 Å². The maximum atomic E-state index is 13.0. The summed E-state index contributed by atoms with van der Waals surface area (Å²) in [6.07, 6.45) is 0. The van der Waals surface area contributed by atoms with Crippen molar-refractivity contribution in [3.05, 3.63) is 29.0 Å². The van der Waals surface area contributed by atoms with Gasteiger partial charge in [0.1, 0.15) is 11.7 Å². The van der Waals surface area contributed by atoms with E-state index in [1.807, 2.05) is 0 Å². The molecular weight excluding hydrogens is 282 g/mol. The van der Waals surface area contributed by atoms with Gasteiger partial charge in [-0.3, -0.25) is 14.6 Å². The highest BCUT2D eigenvalue weighted by Crippen LogP contribution is 2.25. The molecule has 0 atom stereocenters. The van der Waals surface area contributed by atoms with Crippen LogP contribution in [-0.2, 0) is 4.79 Å². The minimum absolute atomic E-state index is 0.0672. The number of carbonyl (C=O) groups excluding carboxylic acids is 2. The molecule has 1 aromatic carbocycles. The molecule has 7 heteroatoms. The third-order valence-electron chi connectivity index (χ3n) is 2.64. The lowest BCUT2D eigenvalue weighted by atomic mass is 10.3. The second-order valence-corrected chi connectivity index (χ2v) is 4.39. The average molecular weight is 291 g/mol. The molecule has 18 heavy (non-hydrogen) atoms. The van der Waals surface area contributed by atoms with Gasteiger partial charge in [0.15, 0.2) is 0 Å². The fraction of sp³-hybridized carbons (Fsp3) is 0.273. The van der Waals surface area contributed by atoms with Crippen molar-refractivity contribution in [2.45, 2.75) is 0 Å². The van der Waals surface area contributed by atoms with Crippen molar-refractivity contribution in [2.75, 3.05) is 23.9 Å². The van der Waals surface area contributed by atoms with Crippen molar-refractivity contribution in [1.29, 1.82) is 0 Å². The Bertz CT molecular complexity index is 510. The van der Waals surface area contributed by atoms with Crippen LogP contribution >= 0.6 is 23.2 Å². The number of hydrogen-bond donors (Lipinski definition) is 0. The lowest BCUT2D eigenvalue weighted by molar-refractivity contribution is -0.124. The first-order chi connectivity index (χ1) is 8.54. The molecule has 96 valence electrons. The fourth-order valence-electron chi connectivity index (χ4n) is 1.73. The normalized spacial score (nSPS) is 15.4. The van der Waals surface area contributed by atoms with Gasteiger partial charge in [-0.25, -0.2) is 9.18 Å². The summed E-state index contributed by atoms with van der Waals surface area (Å²) >= 11 is 11.1. The Labute approximate surface area is 113 Å². The maximum Gasteiger partial charge on any atom is 0.331 e. The number of alkyl halides is 1. The minimum atomic E-state index is -0.555. The molecule has 1 fully saturated rings. The number of nitrogens with zero attached hydrogens (tertiary/aromatic N) is 2. The largest absolute Gasteiger partial charge is 0.331 e. The van der Waals surface area contributed by atoms with E-state index in [-0.39, 0.29) is 17.4 Å². The third kappa shape index (κ3) is 2.28. The second-order valence-electron chi connectivity index (χ2n) is 3.71. The molecule has 2 rings (SSSR count). The summed E-state index contributed by atoms with van der Waals surface area (Å²) in [5, 5.41) is -0.0672. The van der Waals surface area contributed by atoms with E-state index >= 15 is 0 Å². The first-order valence-corrected chi connectivity index (χ1v) is 6.08. The Morgan fingerprint density at radius 3 is 2.72 bits per heavy atom. The molecule has 0 unspecified atom stereocenters. The zero-order chi connectivity index (χ0) is 13.3. The van der Waals surface area contributed by atoms with Gasteiger partial charge in [0, 0.05) is 18.8 Å². The quantitative estimate of drug-likeness (QED) is 0.785. The Morgan fingerprint density at radius 1 is 1.39 bits per heavy atom. The van der Waals surface area contributed by atoms with Crippen LogP contribution in [0.4, 0.5) is 14.9 Å². The van der Waals surface area contributed by atoms with E-state index in [0.717, 1.165) is 4.90 Å². The molecule has 4 nitrogen and oxygen atoms in total. The fourth-order valence-corrected chi connectivity index (χ4v) is 2.05. The molecular formula is C11H9Cl2FN2O2. The molecule has 1 saturated heterocycles. The van der Waals surface area contributed by atoms with Gasteiger partial charge >= 0.3 is 6.03 Å². The van der Waals surface area contributed by atoms with Crippen molar-refractivity contribution in [3.63, 3.8) is 0 Å². The van der Waals surface area contributed by atoms with Crippen molar-refractivity contribution in [3.8, 4) is 0 Å². The zero-order valence-corrected chi connectivity index (χ0v) is 10.7. The van der Waals surface area contributed by atoms with Crippen LogP contribution in [0.15, 0.2) is 18.2 Å². The van der Waals surface area contributed by atoms with Crippen LogP contribution in [-0.4, -0.2) is 35.8 Å². The maximum absolute atomic E-state index is 13.0. The predicted molar refractivity (Wildman–Crippen MR) is 66.6 cm³/mol. The number of imide groups is 1. The molecule has 0 radical (unpaired) electrons. The second kappa shape index (κ2) is 5.12. The van der Waals surface area contributed by atoms with Crippen molar-refractivity contribution >= 4 is 40.8 Å². The molecule has 0 aliphatic carbocycles. The number of amides is 3. The van der Waals surface area contributed by atoms with E-state index in [2.05, 4.69) is 0 Å². The minimum Gasteiger partial charge on any atom is -0.292 e. The molecule has 0 bridgehead atoms. The summed E-state index contributed by atoms with van der Waals surface area (Å²) in [6, 6.07) is 3.50. The summed E-state index contributed by atoms with van der Waals surface area (Å²) < 4.78 is 13.0. The van der Waals surface area contributed by atoms with Crippen molar-refractivity contribution in [2.24, 2.45) is 0 Å². The van der Waals surface area contributed by atoms with Crippen LogP contribution < -0.4 is 4.90 Å². The number of benzene rings is 1. The molecule has 3 amide bonds. The number of urea groups is 1. The predicted octanol–water partition coefficient (Wildman–Crippen LogP) is 2.49. The Hall–Kier alpha value is -1.33. The lowest BCUT2D eigenvalue weighted by Gasteiger charge is -2.17. The molecule has 0 spiro atoms. The Balaban J connectivity index is 2.23. The van der Waals surface area contributed by atoms with E-state index in [1.54, 1.807) is 0 Å². The number of halogens is 3. The highest BCUT2D eigenvalue weighted by molar-refractivity contribution is 6.31.